The summed E-state index contributed by atoms with van der Waals surface area (Å²) in [6.45, 7) is 0.713. The summed E-state index contributed by atoms with van der Waals surface area (Å²) in [7, 11) is 1.50. The van der Waals surface area contributed by atoms with E-state index in [9.17, 15) is 14.0 Å². The Morgan fingerprint density at radius 1 is 1.03 bits per heavy atom. The second kappa shape index (κ2) is 11.4. The Morgan fingerprint density at radius 2 is 1.86 bits per heavy atom. The molecule has 3 amide bonds. The number of nitrogens with one attached hydrogen (secondary N) is 1. The Bertz CT molecular complexity index is 1150. The van der Waals surface area contributed by atoms with Gasteiger partial charge in [0.25, 0.3) is 0 Å². The van der Waals surface area contributed by atoms with Crippen molar-refractivity contribution >= 4 is 17.6 Å². The molecule has 0 atom stereocenters. The maximum atomic E-state index is 14.0. The lowest BCUT2D eigenvalue weighted by Crippen LogP contribution is -2.45. The Balaban J connectivity index is 1.50. The number of nitrogens with zero attached hydrogens (tertiary/aromatic N) is 2. The van der Waals surface area contributed by atoms with E-state index in [0.29, 0.717) is 17.3 Å². The van der Waals surface area contributed by atoms with Crippen molar-refractivity contribution in [3.63, 3.8) is 0 Å². The van der Waals surface area contributed by atoms with Gasteiger partial charge in [0.15, 0.2) is 11.5 Å². The third-order valence-electron chi connectivity index (χ3n) is 5.38. The van der Waals surface area contributed by atoms with Crippen molar-refractivity contribution in [3.05, 3.63) is 78.0 Å². The van der Waals surface area contributed by atoms with Gasteiger partial charge < -0.3 is 33.7 Å². The van der Waals surface area contributed by atoms with Crippen molar-refractivity contribution in [3.8, 4) is 11.5 Å². The first kappa shape index (κ1) is 24.1. The molecule has 0 spiro atoms. The van der Waals surface area contributed by atoms with Gasteiger partial charge in [0.05, 0.1) is 25.1 Å². The minimum Gasteiger partial charge on any atom is -0.467 e. The van der Waals surface area contributed by atoms with Crippen molar-refractivity contribution in [2.45, 2.75) is 13.1 Å². The molecule has 2 heterocycles. The van der Waals surface area contributed by atoms with E-state index in [-0.39, 0.29) is 51.2 Å². The Morgan fingerprint density at radius 3 is 2.63 bits per heavy atom. The Kier molecular flexibility index (Phi) is 7.84. The smallest absolute Gasteiger partial charge is 0.322 e. The molecule has 0 radical (unpaired) electrons. The van der Waals surface area contributed by atoms with Crippen molar-refractivity contribution in [2.24, 2.45) is 0 Å². The maximum absolute atomic E-state index is 14.0. The van der Waals surface area contributed by atoms with Gasteiger partial charge in [-0.15, -0.1) is 0 Å². The van der Waals surface area contributed by atoms with Gasteiger partial charge in [0.2, 0.25) is 12.7 Å². The molecule has 0 saturated heterocycles. The summed E-state index contributed by atoms with van der Waals surface area (Å²) in [6.07, 6.45) is 1.53. The summed E-state index contributed by atoms with van der Waals surface area (Å²) in [6, 6.07) is 14.2. The van der Waals surface area contributed by atoms with Crippen LogP contribution in [-0.2, 0) is 22.6 Å². The standard InChI is InChI=1S/C25H26FN3O6/c1-32-12-10-28(25(31)27-21-7-3-2-6-20(21)26)16-24(30)29(15-19-5-4-11-33-19)14-18-8-9-22-23(13-18)35-17-34-22/h2-9,11,13H,10,12,14-17H2,1H3,(H,27,31). The van der Waals surface area contributed by atoms with Crippen LogP contribution in [0.2, 0.25) is 0 Å². The molecule has 3 aromatic rings. The molecule has 10 heteroatoms. The zero-order chi connectivity index (χ0) is 24.6. The van der Waals surface area contributed by atoms with Crippen LogP contribution in [0.25, 0.3) is 0 Å². The van der Waals surface area contributed by atoms with Gasteiger partial charge in [-0.2, -0.15) is 0 Å². The maximum Gasteiger partial charge on any atom is 0.322 e. The number of para-hydroxylation sites is 1. The monoisotopic (exact) mass is 483 g/mol. The lowest BCUT2D eigenvalue weighted by Gasteiger charge is -2.27. The number of urea groups is 1. The summed E-state index contributed by atoms with van der Waals surface area (Å²) in [5.74, 6) is 0.963. The molecular weight excluding hydrogens is 457 g/mol. The number of halogens is 1. The van der Waals surface area contributed by atoms with E-state index < -0.39 is 11.8 Å². The molecular formula is C25H26FN3O6. The topological polar surface area (TPSA) is 93.5 Å². The highest BCUT2D eigenvalue weighted by molar-refractivity contribution is 5.92. The number of rotatable bonds is 10. The minimum absolute atomic E-state index is 0.0279. The molecule has 1 aromatic heterocycles. The quantitative estimate of drug-likeness (QED) is 0.471. The molecule has 1 aliphatic rings. The number of ether oxygens (including phenoxy) is 3. The van der Waals surface area contributed by atoms with E-state index >= 15 is 0 Å². The number of furan rings is 1. The fourth-order valence-corrected chi connectivity index (χ4v) is 3.56. The highest BCUT2D eigenvalue weighted by Gasteiger charge is 2.24. The van der Waals surface area contributed by atoms with E-state index in [4.69, 9.17) is 18.6 Å². The molecule has 2 aromatic carbocycles. The van der Waals surface area contributed by atoms with E-state index in [2.05, 4.69) is 5.32 Å². The SMILES string of the molecule is COCCN(CC(=O)N(Cc1ccc2c(c1)OCO2)Cc1ccco1)C(=O)Nc1ccccc1F. The van der Waals surface area contributed by atoms with Crippen LogP contribution in [0.3, 0.4) is 0 Å². The summed E-state index contributed by atoms with van der Waals surface area (Å²) >= 11 is 0. The molecule has 9 nitrogen and oxygen atoms in total. The van der Waals surface area contributed by atoms with Gasteiger partial charge in [-0.3, -0.25) is 4.79 Å². The lowest BCUT2D eigenvalue weighted by atomic mass is 10.2. The second-order valence-corrected chi connectivity index (χ2v) is 7.84. The first-order valence-corrected chi connectivity index (χ1v) is 11.0. The number of carbonyl (C=O) groups is 2. The van der Waals surface area contributed by atoms with Gasteiger partial charge in [0, 0.05) is 20.2 Å². The van der Waals surface area contributed by atoms with Gasteiger partial charge in [-0.25, -0.2) is 9.18 Å². The average Bonchev–Trinajstić information content (AvgIpc) is 3.54. The molecule has 0 fully saturated rings. The number of benzene rings is 2. The molecule has 4 rings (SSSR count). The normalized spacial score (nSPS) is 11.8. The van der Waals surface area contributed by atoms with Crippen LogP contribution < -0.4 is 14.8 Å². The van der Waals surface area contributed by atoms with Gasteiger partial charge in [0.1, 0.15) is 18.1 Å². The largest absolute Gasteiger partial charge is 0.467 e. The van der Waals surface area contributed by atoms with Crippen LogP contribution in [0, 0.1) is 5.82 Å². The summed E-state index contributed by atoms with van der Waals surface area (Å²) in [5.41, 5.74) is 0.855. The third-order valence-corrected chi connectivity index (χ3v) is 5.38. The lowest BCUT2D eigenvalue weighted by molar-refractivity contribution is -0.133. The first-order chi connectivity index (χ1) is 17.0. The molecule has 1 N–H and O–H groups in total. The zero-order valence-corrected chi connectivity index (χ0v) is 19.2. The molecule has 0 saturated carbocycles. The van der Waals surface area contributed by atoms with E-state index in [0.717, 1.165) is 5.56 Å². The number of fused-ring (bicyclic) bond motifs is 1. The van der Waals surface area contributed by atoms with E-state index in [1.165, 1.54) is 36.5 Å². The molecule has 0 aliphatic carbocycles. The highest BCUT2D eigenvalue weighted by atomic mass is 19.1. The van der Waals surface area contributed by atoms with Crippen LogP contribution >= 0.6 is 0 Å². The predicted molar refractivity (Wildman–Crippen MR) is 124 cm³/mol. The predicted octanol–water partition coefficient (Wildman–Crippen LogP) is 3.86. The molecule has 35 heavy (non-hydrogen) atoms. The van der Waals surface area contributed by atoms with Crippen molar-refractivity contribution in [2.75, 3.05) is 38.9 Å². The number of carbonyl (C=O) groups excluding carboxylic acids is 2. The van der Waals surface area contributed by atoms with Crippen LogP contribution in [0.15, 0.2) is 65.3 Å². The Labute approximate surface area is 202 Å². The van der Waals surface area contributed by atoms with Crippen LogP contribution in [0.1, 0.15) is 11.3 Å². The van der Waals surface area contributed by atoms with Crippen LogP contribution in [-0.4, -0.2) is 55.3 Å². The third kappa shape index (κ3) is 6.30. The van der Waals surface area contributed by atoms with Gasteiger partial charge >= 0.3 is 6.03 Å². The van der Waals surface area contributed by atoms with E-state index in [1.807, 2.05) is 12.1 Å². The number of hydrogen-bond acceptors (Lipinski definition) is 6. The van der Waals surface area contributed by atoms with Crippen molar-refractivity contribution in [1.29, 1.82) is 0 Å². The fourth-order valence-electron chi connectivity index (χ4n) is 3.56. The average molecular weight is 483 g/mol. The Hall–Kier alpha value is -4.05. The number of anilines is 1. The number of methoxy groups -OCH3 is 1. The molecule has 1 aliphatic heterocycles. The van der Waals surface area contributed by atoms with Crippen molar-refractivity contribution in [1.82, 2.24) is 9.80 Å². The second-order valence-electron chi connectivity index (χ2n) is 7.84. The molecule has 0 bridgehead atoms. The summed E-state index contributed by atoms with van der Waals surface area (Å²) in [4.78, 5) is 29.2. The first-order valence-electron chi connectivity index (χ1n) is 11.0. The minimum atomic E-state index is -0.610. The fraction of sp³-hybridized carbons (Fsp3) is 0.280. The summed E-state index contributed by atoms with van der Waals surface area (Å²) < 4.78 is 35.4. The zero-order valence-electron chi connectivity index (χ0n) is 19.2. The van der Waals surface area contributed by atoms with E-state index in [1.54, 1.807) is 29.2 Å². The number of hydrogen-bond donors (Lipinski definition) is 1. The van der Waals surface area contributed by atoms with Crippen LogP contribution in [0.4, 0.5) is 14.9 Å². The molecule has 184 valence electrons. The van der Waals surface area contributed by atoms with Gasteiger partial charge in [-0.1, -0.05) is 18.2 Å². The van der Waals surface area contributed by atoms with Crippen LogP contribution in [0.5, 0.6) is 11.5 Å². The number of amides is 3. The highest BCUT2D eigenvalue weighted by Crippen LogP contribution is 2.33. The van der Waals surface area contributed by atoms with Gasteiger partial charge in [-0.05, 0) is 42.0 Å². The summed E-state index contributed by atoms with van der Waals surface area (Å²) in [5, 5.41) is 2.52. The molecule has 0 unspecified atom stereocenters. The van der Waals surface area contributed by atoms with Crippen molar-refractivity contribution < 1.29 is 32.6 Å².